The predicted molar refractivity (Wildman–Crippen MR) is 133 cm³/mol. The molecule has 2 aliphatic rings. The van der Waals surface area contributed by atoms with Crippen molar-refractivity contribution < 1.29 is 9.59 Å². The van der Waals surface area contributed by atoms with Gasteiger partial charge in [-0.15, -0.1) is 10.0 Å². The molecule has 1 aliphatic carbocycles. The Kier molecular flexibility index (Phi) is 8.84. The van der Waals surface area contributed by atoms with Gasteiger partial charge >= 0.3 is 0 Å². The van der Waals surface area contributed by atoms with Crippen LogP contribution in [-0.4, -0.2) is 36.0 Å². The molecule has 0 bridgehead atoms. The van der Waals surface area contributed by atoms with Gasteiger partial charge in [0.05, 0.1) is 6.42 Å². The molecule has 9 nitrogen and oxygen atoms in total. The van der Waals surface area contributed by atoms with E-state index in [1.807, 2.05) is 41.3 Å². The van der Waals surface area contributed by atoms with Crippen LogP contribution in [0.1, 0.15) is 63.5 Å². The molecule has 0 fully saturated rings. The maximum Gasteiger partial charge on any atom is 0.290 e. The Balaban J connectivity index is 1.91. The van der Waals surface area contributed by atoms with Crippen LogP contribution in [0.3, 0.4) is 0 Å². The lowest BCUT2D eigenvalue weighted by Gasteiger charge is -2.23. The molecular formula is C25H32N6O3. The highest BCUT2D eigenvalue weighted by atomic mass is 16.3. The minimum absolute atomic E-state index is 0.0201. The molecule has 0 aromatic heterocycles. The van der Waals surface area contributed by atoms with E-state index in [1.165, 1.54) is 0 Å². The van der Waals surface area contributed by atoms with Crippen molar-refractivity contribution in [3.8, 4) is 0 Å². The average Bonchev–Trinajstić information content (AvgIpc) is 3.02. The Labute approximate surface area is 199 Å². The summed E-state index contributed by atoms with van der Waals surface area (Å²) >= 11 is 0. The minimum atomic E-state index is -0.647. The third-order valence-electron chi connectivity index (χ3n) is 5.96. The van der Waals surface area contributed by atoms with Gasteiger partial charge in [-0.3, -0.25) is 9.59 Å². The van der Waals surface area contributed by atoms with E-state index in [0.717, 1.165) is 47.2 Å². The fraction of sp³-hybridized carbons (Fsp3) is 0.440. The van der Waals surface area contributed by atoms with Crippen molar-refractivity contribution in [2.75, 3.05) is 18.4 Å². The molecular weight excluding hydrogens is 432 g/mol. The highest BCUT2D eigenvalue weighted by Crippen LogP contribution is 2.34. The number of hydrogen-bond acceptors (Lipinski definition) is 6. The first-order valence-electron chi connectivity index (χ1n) is 11.7. The van der Waals surface area contributed by atoms with Crippen molar-refractivity contribution in [3.63, 3.8) is 0 Å². The lowest BCUT2D eigenvalue weighted by Crippen LogP contribution is -2.34. The van der Waals surface area contributed by atoms with E-state index in [-0.39, 0.29) is 12.3 Å². The minimum Gasteiger partial charge on any atom is -0.361 e. The van der Waals surface area contributed by atoms with Gasteiger partial charge in [-0.25, -0.2) is 0 Å². The third-order valence-corrected chi connectivity index (χ3v) is 5.96. The first-order chi connectivity index (χ1) is 16.5. The fourth-order valence-corrected chi connectivity index (χ4v) is 4.34. The zero-order valence-corrected chi connectivity index (χ0v) is 19.8. The van der Waals surface area contributed by atoms with Crippen LogP contribution < -0.4 is 11.2 Å². The number of fused-ring (bicyclic) bond motifs is 1. The zero-order valence-electron chi connectivity index (χ0n) is 19.8. The van der Waals surface area contributed by atoms with E-state index >= 15 is 0 Å². The first kappa shape index (κ1) is 25.0. The molecule has 1 aromatic carbocycles. The molecule has 1 aliphatic heterocycles. The number of benzene rings is 1. The number of carbonyl (C=O) groups is 2. The van der Waals surface area contributed by atoms with E-state index in [1.54, 1.807) is 0 Å². The molecule has 34 heavy (non-hydrogen) atoms. The van der Waals surface area contributed by atoms with Crippen molar-refractivity contribution in [1.29, 1.82) is 0 Å². The smallest absolute Gasteiger partial charge is 0.290 e. The van der Waals surface area contributed by atoms with Crippen LogP contribution >= 0.6 is 0 Å². The number of nitroso groups, excluding NO2 is 1. The number of nitrogens with one attached hydrogen (secondary N) is 1. The number of hydrogen-bond donors (Lipinski definition) is 2. The van der Waals surface area contributed by atoms with Crippen LogP contribution in [0, 0.1) is 4.91 Å². The second-order valence-electron chi connectivity index (χ2n) is 8.54. The van der Waals surface area contributed by atoms with E-state index in [9.17, 15) is 14.5 Å². The Morgan fingerprint density at radius 3 is 2.53 bits per heavy atom. The van der Waals surface area contributed by atoms with Gasteiger partial charge in [-0.05, 0) is 54.5 Å². The summed E-state index contributed by atoms with van der Waals surface area (Å²) in [5, 5.41) is 13.4. The molecule has 1 heterocycles. The van der Waals surface area contributed by atoms with Crippen LogP contribution in [-0.2, 0) is 9.59 Å². The first-order valence-corrected chi connectivity index (χ1v) is 11.7. The standard InChI is InChI=1S/C25H32N6O3/c1-3-11-31(12-4-2)25(33)21-14-20-10-9-19(15-22(20)27-23(16-21)28-30-26)18-7-5-17(6-8-18)13-24(32)29-34/h5,7,9-10,14-15,23,27H,3-4,6,8,11-13,16H2,1-2H3,(H2,26,28). The topological polar surface area (TPSA) is 130 Å². The van der Waals surface area contributed by atoms with Gasteiger partial charge in [0.2, 0.25) is 5.91 Å². The molecule has 0 saturated carbocycles. The Morgan fingerprint density at radius 1 is 1.15 bits per heavy atom. The fourth-order valence-electron chi connectivity index (χ4n) is 4.34. The molecule has 1 aromatic rings. The highest BCUT2D eigenvalue weighted by molar-refractivity contribution is 5.99. The van der Waals surface area contributed by atoms with Crippen LogP contribution in [0.2, 0.25) is 0 Å². The number of carbonyl (C=O) groups excluding carboxylic acids is 2. The molecule has 2 amide bonds. The molecule has 0 spiro atoms. The van der Waals surface area contributed by atoms with Crippen molar-refractivity contribution >= 4 is 29.2 Å². The summed E-state index contributed by atoms with van der Waals surface area (Å²) in [6.07, 6.45) is 9.06. The van der Waals surface area contributed by atoms with E-state index in [0.29, 0.717) is 31.5 Å². The number of rotatable bonds is 9. The highest BCUT2D eigenvalue weighted by Gasteiger charge is 2.25. The Bertz CT molecular complexity index is 1050. The van der Waals surface area contributed by atoms with Gasteiger partial charge < -0.3 is 16.1 Å². The zero-order chi connectivity index (χ0) is 24.5. The van der Waals surface area contributed by atoms with Gasteiger partial charge in [-0.1, -0.05) is 48.9 Å². The maximum atomic E-state index is 13.3. The van der Waals surface area contributed by atoms with Crippen LogP contribution in [0.5, 0.6) is 0 Å². The second kappa shape index (κ2) is 12.0. The molecule has 0 saturated heterocycles. The number of nitrogens with zero attached hydrogens (tertiary/aromatic N) is 4. The molecule has 0 radical (unpaired) electrons. The van der Waals surface area contributed by atoms with E-state index in [4.69, 9.17) is 5.84 Å². The lowest BCUT2D eigenvalue weighted by atomic mass is 9.91. The largest absolute Gasteiger partial charge is 0.361 e. The van der Waals surface area contributed by atoms with Crippen LogP contribution in [0.4, 0.5) is 5.69 Å². The lowest BCUT2D eigenvalue weighted by molar-refractivity contribution is -0.127. The summed E-state index contributed by atoms with van der Waals surface area (Å²) in [5.74, 6) is 4.72. The second-order valence-corrected chi connectivity index (χ2v) is 8.54. The SMILES string of the molecule is CCCN(CCC)C(=O)C1=Cc2ccc(C3=CC=C(CC(=O)N=O)CC3)cc2NC(N=NN)C1. The quantitative estimate of drug-likeness (QED) is 0.231. The van der Waals surface area contributed by atoms with Gasteiger partial charge in [0.15, 0.2) is 0 Å². The summed E-state index contributed by atoms with van der Waals surface area (Å²) in [4.78, 5) is 36.8. The van der Waals surface area contributed by atoms with Gasteiger partial charge in [-0.2, -0.15) is 0 Å². The van der Waals surface area contributed by atoms with Crippen molar-refractivity contribution in [2.24, 2.45) is 21.4 Å². The molecule has 1 unspecified atom stereocenters. The molecule has 1 atom stereocenters. The van der Waals surface area contributed by atoms with Gasteiger partial charge in [0.1, 0.15) is 6.17 Å². The van der Waals surface area contributed by atoms with Crippen LogP contribution in [0.25, 0.3) is 11.6 Å². The summed E-state index contributed by atoms with van der Waals surface area (Å²) in [6, 6.07) is 6.07. The summed E-state index contributed by atoms with van der Waals surface area (Å²) < 4.78 is 0. The van der Waals surface area contributed by atoms with Crippen molar-refractivity contribution in [1.82, 2.24) is 4.90 Å². The summed E-state index contributed by atoms with van der Waals surface area (Å²) in [6.45, 7) is 5.56. The normalized spacial score (nSPS) is 17.6. The van der Waals surface area contributed by atoms with Crippen molar-refractivity contribution in [3.05, 3.63) is 57.5 Å². The summed E-state index contributed by atoms with van der Waals surface area (Å²) in [5.41, 5.74) is 5.50. The molecule has 180 valence electrons. The number of amides is 2. The van der Waals surface area contributed by atoms with E-state index in [2.05, 4.69) is 34.7 Å². The van der Waals surface area contributed by atoms with Crippen molar-refractivity contribution in [2.45, 2.75) is 58.5 Å². The maximum absolute atomic E-state index is 13.3. The molecule has 9 heteroatoms. The molecule has 3 N–H and O–H groups in total. The number of allylic oxidation sites excluding steroid dienone is 3. The molecule has 3 rings (SSSR count). The van der Waals surface area contributed by atoms with Gasteiger partial charge in [0.25, 0.3) is 5.91 Å². The van der Waals surface area contributed by atoms with Crippen LogP contribution in [0.15, 0.2) is 57.0 Å². The van der Waals surface area contributed by atoms with E-state index < -0.39 is 12.1 Å². The monoisotopic (exact) mass is 464 g/mol. The average molecular weight is 465 g/mol. The summed E-state index contributed by atoms with van der Waals surface area (Å²) in [7, 11) is 0. The Hall–Kier alpha value is -3.62. The third kappa shape index (κ3) is 6.24. The number of anilines is 1. The number of nitrogens with two attached hydrogens (primary N) is 1. The Morgan fingerprint density at radius 2 is 1.91 bits per heavy atom. The van der Waals surface area contributed by atoms with Gasteiger partial charge in [0, 0.05) is 35.9 Å². The predicted octanol–water partition coefficient (Wildman–Crippen LogP) is 4.97.